The number of Topliss-reactive ketones (excluding diaryl/α,β-unsaturated/α-hetero) is 1. The van der Waals surface area contributed by atoms with E-state index in [9.17, 15) is 9.59 Å². The molecule has 0 bridgehead atoms. The van der Waals surface area contributed by atoms with Crippen molar-refractivity contribution in [3.8, 4) is 6.07 Å². The van der Waals surface area contributed by atoms with Crippen molar-refractivity contribution in [2.24, 2.45) is 11.8 Å². The first-order valence-electron chi connectivity index (χ1n) is 5.63. The normalized spacial score (nSPS) is 37.3. The molecule has 1 aliphatic heterocycles. The highest BCUT2D eigenvalue weighted by molar-refractivity contribution is 7.21. The van der Waals surface area contributed by atoms with Gasteiger partial charge < -0.3 is 4.90 Å². The van der Waals surface area contributed by atoms with Crippen LogP contribution in [0.15, 0.2) is 11.6 Å². The van der Waals surface area contributed by atoms with E-state index >= 15 is 0 Å². The van der Waals surface area contributed by atoms with Crippen LogP contribution in [0.1, 0.15) is 13.3 Å². The quantitative estimate of drug-likeness (QED) is 0.596. The molecule has 0 radical (unpaired) electrons. The molecule has 4 atom stereocenters. The van der Waals surface area contributed by atoms with Crippen molar-refractivity contribution in [1.29, 1.82) is 5.26 Å². The second-order valence-corrected chi connectivity index (χ2v) is 5.83. The van der Waals surface area contributed by atoms with Gasteiger partial charge in [-0.05, 0) is 18.4 Å². The number of piperidine rings is 1. The first-order chi connectivity index (χ1) is 7.91. The van der Waals surface area contributed by atoms with E-state index in [-0.39, 0.29) is 29.1 Å². The number of nitrogens with zero attached hydrogens (tertiary/aromatic N) is 2. The van der Waals surface area contributed by atoms with E-state index in [2.05, 4.69) is 9.24 Å². The third-order valence-corrected chi connectivity index (χ3v) is 4.73. The highest BCUT2D eigenvalue weighted by Gasteiger charge is 2.52. The summed E-state index contributed by atoms with van der Waals surface area (Å²) in [4.78, 5) is 25.8. The zero-order valence-electron chi connectivity index (χ0n) is 9.93. The highest BCUT2D eigenvalue weighted by Crippen LogP contribution is 2.46. The van der Waals surface area contributed by atoms with Crippen LogP contribution in [-0.4, -0.2) is 35.3 Å². The maximum absolute atomic E-state index is 12.2. The number of carbonyl (C=O) groups is 2. The van der Waals surface area contributed by atoms with E-state index in [1.165, 1.54) is 0 Å². The van der Waals surface area contributed by atoms with Crippen LogP contribution >= 0.6 is 9.24 Å². The Morgan fingerprint density at radius 2 is 2.24 bits per heavy atom. The lowest BCUT2D eigenvalue weighted by atomic mass is 9.69. The maximum Gasteiger partial charge on any atom is 0.236 e. The van der Waals surface area contributed by atoms with Gasteiger partial charge in [0.05, 0.1) is 10.7 Å². The molecule has 1 saturated heterocycles. The first kappa shape index (κ1) is 12.3. The summed E-state index contributed by atoms with van der Waals surface area (Å²) < 4.78 is 0. The predicted molar refractivity (Wildman–Crippen MR) is 66.1 cm³/mol. The zero-order chi connectivity index (χ0) is 12.8. The van der Waals surface area contributed by atoms with Crippen LogP contribution in [0.4, 0.5) is 0 Å². The lowest BCUT2D eigenvalue weighted by molar-refractivity contribution is -0.138. The van der Waals surface area contributed by atoms with Gasteiger partial charge in [-0.3, -0.25) is 9.59 Å². The van der Waals surface area contributed by atoms with Crippen molar-refractivity contribution in [2.45, 2.75) is 18.5 Å². The van der Waals surface area contributed by atoms with Crippen LogP contribution in [0.2, 0.25) is 0 Å². The smallest absolute Gasteiger partial charge is 0.236 e. The summed E-state index contributed by atoms with van der Waals surface area (Å²) in [5, 5.41) is 8.19. The summed E-state index contributed by atoms with van der Waals surface area (Å²) in [6.07, 6.45) is 2.34. The Balaban J connectivity index is 2.54. The Kier molecular flexibility index (Phi) is 2.83. The minimum absolute atomic E-state index is 0.0131. The van der Waals surface area contributed by atoms with Gasteiger partial charge in [0.2, 0.25) is 5.91 Å². The molecule has 0 spiro atoms. The molecule has 1 amide bonds. The van der Waals surface area contributed by atoms with Crippen LogP contribution in [0.3, 0.4) is 0 Å². The van der Waals surface area contributed by atoms with Crippen LogP contribution in [-0.2, 0) is 9.59 Å². The first-order valence-corrected chi connectivity index (χ1v) is 6.21. The van der Waals surface area contributed by atoms with E-state index in [4.69, 9.17) is 5.26 Å². The molecule has 5 heteroatoms. The average molecular weight is 250 g/mol. The lowest BCUT2D eigenvalue weighted by Crippen LogP contribution is -2.57. The minimum Gasteiger partial charge on any atom is -0.345 e. The van der Waals surface area contributed by atoms with Crippen LogP contribution in [0, 0.1) is 23.2 Å². The largest absolute Gasteiger partial charge is 0.345 e. The fraction of sp³-hybridized carbons (Fsp3) is 0.583. The Labute approximate surface area is 103 Å². The summed E-state index contributed by atoms with van der Waals surface area (Å²) in [5.74, 6) is -0.427. The van der Waals surface area contributed by atoms with Gasteiger partial charge in [0, 0.05) is 19.5 Å². The highest BCUT2D eigenvalue weighted by atomic mass is 31.0. The number of nitriles is 1. The predicted octanol–water partition coefficient (Wildman–Crippen LogP) is 0.747. The number of allylic oxidation sites excluding steroid dienone is 1. The van der Waals surface area contributed by atoms with E-state index in [1.54, 1.807) is 18.0 Å². The van der Waals surface area contributed by atoms with E-state index in [0.29, 0.717) is 6.54 Å². The van der Waals surface area contributed by atoms with E-state index in [1.807, 2.05) is 13.0 Å². The molecule has 0 aromatic rings. The molecule has 1 fully saturated rings. The number of rotatable bonds is 0. The fourth-order valence-electron chi connectivity index (χ4n) is 2.82. The number of likely N-dealkylation sites (tertiary alicyclic amines) is 1. The molecule has 1 heterocycles. The Morgan fingerprint density at radius 1 is 1.59 bits per heavy atom. The molecule has 3 unspecified atom stereocenters. The van der Waals surface area contributed by atoms with Crippen LogP contribution in [0.5, 0.6) is 0 Å². The summed E-state index contributed by atoms with van der Waals surface area (Å²) >= 11 is 0. The van der Waals surface area contributed by atoms with Gasteiger partial charge in [-0.1, -0.05) is 6.92 Å². The molecule has 1 aliphatic carbocycles. The van der Waals surface area contributed by atoms with Crippen molar-refractivity contribution in [2.75, 3.05) is 13.6 Å². The van der Waals surface area contributed by atoms with Crippen molar-refractivity contribution < 1.29 is 9.59 Å². The molecule has 0 aromatic carbocycles. The number of hydrogen-bond acceptors (Lipinski definition) is 3. The molecule has 0 saturated carbocycles. The van der Waals surface area contributed by atoms with Crippen molar-refractivity contribution in [3.63, 3.8) is 0 Å². The molecule has 2 rings (SSSR count). The molecular weight excluding hydrogens is 235 g/mol. The van der Waals surface area contributed by atoms with E-state index in [0.717, 1.165) is 6.42 Å². The zero-order valence-corrected chi connectivity index (χ0v) is 11.1. The third-order valence-electron chi connectivity index (χ3n) is 3.89. The summed E-state index contributed by atoms with van der Waals surface area (Å²) in [6, 6.07) is 1.91. The number of ketones is 1. The van der Waals surface area contributed by atoms with Crippen molar-refractivity contribution in [1.82, 2.24) is 4.90 Å². The second-order valence-electron chi connectivity index (χ2n) is 4.88. The fourth-order valence-corrected chi connectivity index (χ4v) is 3.66. The maximum atomic E-state index is 12.2. The van der Waals surface area contributed by atoms with Gasteiger partial charge in [-0.25, -0.2) is 0 Å². The second kappa shape index (κ2) is 3.92. The third kappa shape index (κ3) is 1.61. The number of hydrogen-bond donors (Lipinski definition) is 0. The van der Waals surface area contributed by atoms with Gasteiger partial charge in [-0.2, -0.15) is 5.26 Å². The number of amides is 1. The summed E-state index contributed by atoms with van der Waals surface area (Å²) in [5.41, 5.74) is 0.118. The molecule has 17 heavy (non-hydrogen) atoms. The molecule has 0 N–H and O–H groups in total. The lowest BCUT2D eigenvalue weighted by Gasteiger charge is -2.46. The van der Waals surface area contributed by atoms with Crippen LogP contribution in [0.25, 0.3) is 0 Å². The number of fused-ring (bicyclic) bond motifs is 1. The monoisotopic (exact) mass is 250 g/mol. The topological polar surface area (TPSA) is 61.2 Å². The van der Waals surface area contributed by atoms with Crippen LogP contribution < -0.4 is 0 Å². The SMILES string of the molecule is CC1C(=O)C(C#N)=C[C@@]2(P)C(=O)N(C)CCC12. The van der Waals surface area contributed by atoms with Crippen molar-refractivity contribution in [3.05, 3.63) is 11.6 Å². The molecule has 2 aliphatic rings. The average Bonchev–Trinajstić information content (AvgIpc) is 2.31. The summed E-state index contributed by atoms with van der Waals surface area (Å²) in [6.45, 7) is 2.49. The summed E-state index contributed by atoms with van der Waals surface area (Å²) in [7, 11) is 4.32. The van der Waals surface area contributed by atoms with Gasteiger partial charge in [-0.15, -0.1) is 9.24 Å². The number of carbonyl (C=O) groups excluding carboxylic acids is 2. The molecule has 90 valence electrons. The minimum atomic E-state index is -0.772. The van der Waals surface area contributed by atoms with E-state index < -0.39 is 5.16 Å². The van der Waals surface area contributed by atoms with Gasteiger partial charge >= 0.3 is 0 Å². The molecule has 4 nitrogen and oxygen atoms in total. The Morgan fingerprint density at radius 3 is 2.82 bits per heavy atom. The van der Waals surface area contributed by atoms with Gasteiger partial charge in [0.1, 0.15) is 6.07 Å². The van der Waals surface area contributed by atoms with Crippen molar-refractivity contribution >= 4 is 20.9 Å². The van der Waals surface area contributed by atoms with Gasteiger partial charge in [0.15, 0.2) is 5.78 Å². The molecule has 0 aromatic heterocycles. The Bertz CT molecular complexity index is 466. The van der Waals surface area contributed by atoms with Gasteiger partial charge in [0.25, 0.3) is 0 Å². The molecular formula is C12H15N2O2P. The Hall–Kier alpha value is -1.20. The standard InChI is InChI=1S/C12H15N2O2P/c1-7-9-3-4-14(2)11(16)12(9,17)5-8(6-13)10(7)15/h5,7,9H,3-4,17H2,1-2H3/t7?,9?,12-/m0/s1.